The van der Waals surface area contributed by atoms with E-state index in [-0.39, 0.29) is 11.3 Å². The van der Waals surface area contributed by atoms with Gasteiger partial charge in [0.2, 0.25) is 0 Å². The Kier molecular flexibility index (Phi) is 4.33. The number of ether oxygens (including phenoxy) is 1. The van der Waals surface area contributed by atoms with Crippen LogP contribution in [0.4, 0.5) is 0 Å². The SMILES string of the molecule is COc1cccc(CNC(=O)c2[nH]c3ccccc3c(=O)c2C)c1. The van der Waals surface area contributed by atoms with Crippen LogP contribution >= 0.6 is 0 Å². The molecular weight excluding hydrogens is 304 g/mol. The van der Waals surface area contributed by atoms with Gasteiger partial charge in [-0.05, 0) is 36.8 Å². The molecule has 0 unspecified atom stereocenters. The first-order valence-electron chi connectivity index (χ1n) is 7.63. The van der Waals surface area contributed by atoms with Gasteiger partial charge in [0.15, 0.2) is 5.43 Å². The summed E-state index contributed by atoms with van der Waals surface area (Å²) in [5.41, 5.74) is 2.15. The predicted molar refractivity (Wildman–Crippen MR) is 93.5 cm³/mol. The standard InChI is InChI=1S/C19H18N2O3/c1-12-17(21-16-9-4-3-8-15(16)18(12)22)19(23)20-11-13-6-5-7-14(10-13)24-2/h3-10H,11H2,1-2H3,(H,20,23)(H,21,22). The molecule has 0 saturated carbocycles. The summed E-state index contributed by atoms with van der Waals surface area (Å²) in [6.07, 6.45) is 0. The number of methoxy groups -OCH3 is 1. The van der Waals surface area contributed by atoms with Gasteiger partial charge in [0, 0.05) is 23.0 Å². The zero-order valence-electron chi connectivity index (χ0n) is 13.6. The molecule has 2 aromatic carbocycles. The van der Waals surface area contributed by atoms with E-state index in [0.717, 1.165) is 11.3 Å². The molecule has 5 nitrogen and oxygen atoms in total. The Hall–Kier alpha value is -3.08. The summed E-state index contributed by atoms with van der Waals surface area (Å²) in [5, 5.41) is 3.42. The number of pyridine rings is 1. The van der Waals surface area contributed by atoms with Crippen molar-refractivity contribution < 1.29 is 9.53 Å². The number of amides is 1. The molecule has 1 heterocycles. The van der Waals surface area contributed by atoms with Crippen LogP contribution in [0.1, 0.15) is 21.6 Å². The van der Waals surface area contributed by atoms with E-state index < -0.39 is 0 Å². The van der Waals surface area contributed by atoms with Crippen LogP contribution < -0.4 is 15.5 Å². The minimum absolute atomic E-state index is 0.129. The highest BCUT2D eigenvalue weighted by Gasteiger charge is 2.14. The van der Waals surface area contributed by atoms with Crippen molar-refractivity contribution in [2.75, 3.05) is 7.11 Å². The summed E-state index contributed by atoms with van der Waals surface area (Å²) in [7, 11) is 1.60. The van der Waals surface area contributed by atoms with Gasteiger partial charge in [0.25, 0.3) is 5.91 Å². The summed E-state index contributed by atoms with van der Waals surface area (Å²) in [4.78, 5) is 27.9. The molecule has 0 saturated heterocycles. The van der Waals surface area contributed by atoms with E-state index in [2.05, 4.69) is 10.3 Å². The third-order valence-electron chi connectivity index (χ3n) is 3.96. The van der Waals surface area contributed by atoms with Gasteiger partial charge in [0.05, 0.1) is 7.11 Å². The van der Waals surface area contributed by atoms with Crippen LogP contribution in [0.15, 0.2) is 53.3 Å². The largest absolute Gasteiger partial charge is 0.497 e. The van der Waals surface area contributed by atoms with Crippen molar-refractivity contribution in [3.63, 3.8) is 0 Å². The summed E-state index contributed by atoms with van der Waals surface area (Å²) in [6.45, 7) is 2.01. The molecule has 1 aromatic heterocycles. The van der Waals surface area contributed by atoms with Crippen LogP contribution in [0.2, 0.25) is 0 Å². The molecule has 0 atom stereocenters. The van der Waals surface area contributed by atoms with E-state index >= 15 is 0 Å². The monoisotopic (exact) mass is 322 g/mol. The van der Waals surface area contributed by atoms with Gasteiger partial charge in [-0.15, -0.1) is 0 Å². The highest BCUT2D eigenvalue weighted by atomic mass is 16.5. The van der Waals surface area contributed by atoms with Crippen molar-refractivity contribution >= 4 is 16.8 Å². The second-order valence-corrected chi connectivity index (χ2v) is 5.53. The number of carbonyl (C=O) groups excluding carboxylic acids is 1. The van der Waals surface area contributed by atoms with E-state index in [9.17, 15) is 9.59 Å². The lowest BCUT2D eigenvalue weighted by Crippen LogP contribution is -2.27. The molecule has 0 aliphatic carbocycles. The van der Waals surface area contributed by atoms with E-state index in [0.29, 0.717) is 28.7 Å². The molecule has 0 fully saturated rings. The van der Waals surface area contributed by atoms with Gasteiger partial charge in [-0.25, -0.2) is 0 Å². The Morgan fingerprint density at radius 2 is 1.96 bits per heavy atom. The first kappa shape index (κ1) is 15.8. The quantitative estimate of drug-likeness (QED) is 0.776. The lowest BCUT2D eigenvalue weighted by molar-refractivity contribution is 0.0945. The predicted octanol–water partition coefficient (Wildman–Crippen LogP) is 2.78. The minimum atomic E-state index is -0.307. The van der Waals surface area contributed by atoms with Gasteiger partial charge in [-0.2, -0.15) is 0 Å². The zero-order valence-corrected chi connectivity index (χ0v) is 13.6. The Morgan fingerprint density at radius 1 is 1.17 bits per heavy atom. The number of aromatic amines is 1. The van der Waals surface area contributed by atoms with Crippen LogP contribution in [-0.2, 0) is 6.54 Å². The van der Waals surface area contributed by atoms with Crippen molar-refractivity contribution in [3.05, 3.63) is 75.6 Å². The van der Waals surface area contributed by atoms with Gasteiger partial charge in [0.1, 0.15) is 11.4 Å². The lowest BCUT2D eigenvalue weighted by atomic mass is 10.1. The van der Waals surface area contributed by atoms with Crippen molar-refractivity contribution in [3.8, 4) is 5.75 Å². The third kappa shape index (κ3) is 3.01. The first-order valence-corrected chi connectivity index (χ1v) is 7.63. The van der Waals surface area contributed by atoms with Gasteiger partial charge in [-0.1, -0.05) is 24.3 Å². The lowest BCUT2D eigenvalue weighted by Gasteiger charge is -2.10. The van der Waals surface area contributed by atoms with Crippen LogP contribution in [0, 0.1) is 6.92 Å². The molecule has 24 heavy (non-hydrogen) atoms. The molecule has 3 aromatic rings. The normalized spacial score (nSPS) is 10.6. The van der Waals surface area contributed by atoms with E-state index in [1.165, 1.54) is 0 Å². The molecule has 0 spiro atoms. The van der Waals surface area contributed by atoms with Gasteiger partial charge < -0.3 is 15.0 Å². The topological polar surface area (TPSA) is 71.2 Å². The number of rotatable bonds is 4. The molecule has 0 radical (unpaired) electrons. The maximum absolute atomic E-state index is 12.5. The minimum Gasteiger partial charge on any atom is -0.497 e. The van der Waals surface area contributed by atoms with Crippen molar-refractivity contribution in [1.29, 1.82) is 0 Å². The van der Waals surface area contributed by atoms with Gasteiger partial charge in [-0.3, -0.25) is 9.59 Å². The average molecular weight is 322 g/mol. The number of para-hydroxylation sites is 1. The smallest absolute Gasteiger partial charge is 0.268 e. The maximum Gasteiger partial charge on any atom is 0.268 e. The fourth-order valence-corrected chi connectivity index (χ4v) is 2.61. The number of hydrogen-bond acceptors (Lipinski definition) is 3. The Labute approximate surface area is 139 Å². The second-order valence-electron chi connectivity index (χ2n) is 5.53. The first-order chi connectivity index (χ1) is 11.6. The fraction of sp³-hybridized carbons (Fsp3) is 0.158. The number of aromatic nitrogens is 1. The Morgan fingerprint density at radius 3 is 2.75 bits per heavy atom. The molecule has 0 aliphatic heterocycles. The van der Waals surface area contributed by atoms with Gasteiger partial charge >= 0.3 is 0 Å². The molecular formula is C19H18N2O3. The highest BCUT2D eigenvalue weighted by Crippen LogP contribution is 2.13. The summed E-state index contributed by atoms with van der Waals surface area (Å²) >= 11 is 0. The van der Waals surface area contributed by atoms with E-state index in [1.54, 1.807) is 32.2 Å². The molecule has 5 heteroatoms. The Bertz CT molecular complexity index is 960. The second kappa shape index (κ2) is 6.58. The Balaban J connectivity index is 1.86. The molecule has 2 N–H and O–H groups in total. The number of hydrogen-bond donors (Lipinski definition) is 2. The van der Waals surface area contributed by atoms with Crippen LogP contribution in [0.3, 0.4) is 0 Å². The number of nitrogens with one attached hydrogen (secondary N) is 2. The fourth-order valence-electron chi connectivity index (χ4n) is 2.61. The van der Waals surface area contributed by atoms with Crippen molar-refractivity contribution in [1.82, 2.24) is 10.3 Å². The summed E-state index contributed by atoms with van der Waals surface area (Å²) in [6, 6.07) is 14.6. The van der Waals surface area contributed by atoms with Crippen molar-refractivity contribution in [2.24, 2.45) is 0 Å². The number of fused-ring (bicyclic) bond motifs is 1. The third-order valence-corrected chi connectivity index (χ3v) is 3.96. The molecule has 3 rings (SSSR count). The summed E-state index contributed by atoms with van der Waals surface area (Å²) in [5.74, 6) is 0.426. The van der Waals surface area contributed by atoms with Crippen LogP contribution in [0.5, 0.6) is 5.75 Å². The zero-order chi connectivity index (χ0) is 17.1. The van der Waals surface area contributed by atoms with Crippen LogP contribution in [0.25, 0.3) is 10.9 Å². The highest BCUT2D eigenvalue weighted by molar-refractivity contribution is 5.96. The molecule has 0 bridgehead atoms. The maximum atomic E-state index is 12.5. The van der Waals surface area contributed by atoms with Crippen molar-refractivity contribution in [2.45, 2.75) is 13.5 Å². The number of H-pyrrole nitrogens is 1. The van der Waals surface area contributed by atoms with E-state index in [4.69, 9.17) is 4.74 Å². The molecule has 1 amide bonds. The number of carbonyl (C=O) groups is 1. The van der Waals surface area contributed by atoms with Crippen LogP contribution in [-0.4, -0.2) is 18.0 Å². The molecule has 0 aliphatic rings. The number of benzene rings is 2. The average Bonchev–Trinajstić information content (AvgIpc) is 2.63. The van der Waals surface area contributed by atoms with E-state index in [1.807, 2.05) is 30.3 Å². The summed E-state index contributed by atoms with van der Waals surface area (Å²) < 4.78 is 5.17. The molecule has 122 valence electrons.